The van der Waals surface area contributed by atoms with Crippen molar-refractivity contribution < 1.29 is 17.6 Å². The molecule has 1 aromatic heterocycles. The second-order valence-electron chi connectivity index (χ2n) is 5.11. The molecular weight excluding hydrogens is 424 g/mol. The highest BCUT2D eigenvalue weighted by Gasteiger charge is 2.19. The molecule has 0 saturated heterocycles. The summed E-state index contributed by atoms with van der Waals surface area (Å²) in [6.07, 6.45) is 0. The minimum absolute atomic E-state index is 0.143. The number of benzene rings is 2. The van der Waals surface area contributed by atoms with E-state index in [4.69, 9.17) is 23.2 Å². The second kappa shape index (κ2) is 7.36. The van der Waals surface area contributed by atoms with E-state index in [0.29, 0.717) is 20.7 Å². The Morgan fingerprint density at radius 1 is 1.15 bits per heavy atom. The lowest BCUT2D eigenvalue weighted by atomic mass is 10.3. The summed E-state index contributed by atoms with van der Waals surface area (Å²) in [5.41, 5.74) is 5.28. The van der Waals surface area contributed by atoms with Crippen LogP contribution in [0.4, 0.5) is 9.52 Å². The lowest BCUT2D eigenvalue weighted by molar-refractivity contribution is -0.118. The van der Waals surface area contributed by atoms with Gasteiger partial charge in [-0.2, -0.15) is 0 Å². The quantitative estimate of drug-likeness (QED) is 0.473. The zero-order valence-electron chi connectivity index (χ0n) is 12.8. The van der Waals surface area contributed by atoms with Gasteiger partial charge in [0.05, 0.1) is 19.6 Å². The van der Waals surface area contributed by atoms with Gasteiger partial charge in [-0.3, -0.25) is 15.6 Å². The van der Waals surface area contributed by atoms with Crippen LogP contribution in [-0.4, -0.2) is 25.1 Å². The Morgan fingerprint density at radius 3 is 2.54 bits per heavy atom. The third-order valence-corrected chi connectivity index (χ3v) is 6.62. The molecule has 0 aliphatic carbocycles. The van der Waals surface area contributed by atoms with Crippen LogP contribution in [0.25, 0.3) is 10.2 Å². The minimum atomic E-state index is -3.89. The van der Waals surface area contributed by atoms with Crippen molar-refractivity contribution in [2.75, 3.05) is 11.2 Å². The predicted octanol–water partition coefficient (Wildman–Crippen LogP) is 3.66. The fourth-order valence-corrected chi connectivity index (χ4v) is 4.43. The summed E-state index contributed by atoms with van der Waals surface area (Å²) in [6, 6.07) is 7.59. The standard InChI is InChI=1S/C15H10Cl2FN3O3S2/c16-10-5-6-11-14(13(10)17)19-15(25-11)21-20-12(22)7-26(23,24)9-3-1-8(18)2-4-9/h1-6H,7H2,(H,19,21)(H,20,22). The van der Waals surface area contributed by atoms with Gasteiger partial charge in [0.25, 0.3) is 5.91 Å². The molecular formula is C15H10Cl2FN3O3S2. The molecule has 6 nitrogen and oxygen atoms in total. The lowest BCUT2D eigenvalue weighted by Crippen LogP contribution is -2.34. The van der Waals surface area contributed by atoms with E-state index in [2.05, 4.69) is 15.8 Å². The highest BCUT2D eigenvalue weighted by Crippen LogP contribution is 2.34. The van der Waals surface area contributed by atoms with Gasteiger partial charge in [-0.1, -0.05) is 34.5 Å². The van der Waals surface area contributed by atoms with Gasteiger partial charge in [0.1, 0.15) is 17.1 Å². The van der Waals surface area contributed by atoms with E-state index >= 15 is 0 Å². The van der Waals surface area contributed by atoms with Gasteiger partial charge < -0.3 is 0 Å². The molecule has 0 spiro atoms. The Balaban J connectivity index is 1.67. The molecule has 1 heterocycles. The number of fused-ring (bicyclic) bond motifs is 1. The van der Waals surface area contributed by atoms with Gasteiger partial charge in [-0.25, -0.2) is 17.8 Å². The molecule has 136 valence electrons. The van der Waals surface area contributed by atoms with E-state index in [0.717, 1.165) is 29.0 Å². The average molecular weight is 434 g/mol. The van der Waals surface area contributed by atoms with E-state index in [1.54, 1.807) is 12.1 Å². The number of hydrogen-bond donors (Lipinski definition) is 2. The molecule has 2 N–H and O–H groups in total. The molecule has 0 aliphatic heterocycles. The Hall–Kier alpha value is -1.94. The first-order valence-corrected chi connectivity index (χ1v) is 10.3. The zero-order chi connectivity index (χ0) is 18.9. The van der Waals surface area contributed by atoms with E-state index in [-0.39, 0.29) is 4.90 Å². The Bertz CT molecular complexity index is 1090. The van der Waals surface area contributed by atoms with Crippen LogP contribution in [0.3, 0.4) is 0 Å². The summed E-state index contributed by atoms with van der Waals surface area (Å²) in [6.45, 7) is 0. The van der Waals surface area contributed by atoms with Gasteiger partial charge in [0, 0.05) is 0 Å². The first kappa shape index (κ1) is 18.8. The number of hydrogen-bond acceptors (Lipinski definition) is 6. The van der Waals surface area contributed by atoms with Crippen LogP contribution >= 0.6 is 34.5 Å². The molecule has 0 aliphatic rings. The number of aromatic nitrogens is 1. The maximum Gasteiger partial charge on any atom is 0.253 e. The number of nitrogens with zero attached hydrogens (tertiary/aromatic N) is 1. The number of thiazole rings is 1. The number of nitrogens with one attached hydrogen (secondary N) is 2. The summed E-state index contributed by atoms with van der Waals surface area (Å²) in [7, 11) is -3.89. The molecule has 26 heavy (non-hydrogen) atoms. The summed E-state index contributed by atoms with van der Waals surface area (Å²) >= 11 is 13.2. The van der Waals surface area contributed by atoms with Crippen molar-refractivity contribution in [2.24, 2.45) is 0 Å². The van der Waals surface area contributed by atoms with E-state index < -0.39 is 27.3 Å². The second-order valence-corrected chi connectivity index (χ2v) is 8.92. The smallest absolute Gasteiger partial charge is 0.253 e. The summed E-state index contributed by atoms with van der Waals surface area (Å²) in [4.78, 5) is 16.0. The van der Waals surface area contributed by atoms with Gasteiger partial charge in [0.15, 0.2) is 9.84 Å². The van der Waals surface area contributed by atoms with Crippen molar-refractivity contribution in [2.45, 2.75) is 4.90 Å². The molecule has 0 fully saturated rings. The molecule has 1 amide bonds. The third kappa shape index (κ3) is 4.07. The van der Waals surface area contributed by atoms with Crippen molar-refractivity contribution >= 4 is 65.6 Å². The SMILES string of the molecule is O=C(CS(=O)(=O)c1ccc(F)cc1)NNc1nc2c(Cl)c(Cl)ccc2s1. The Labute approximate surface area is 161 Å². The van der Waals surface area contributed by atoms with E-state index in [9.17, 15) is 17.6 Å². The largest absolute Gasteiger partial charge is 0.273 e. The number of halogens is 3. The van der Waals surface area contributed by atoms with Gasteiger partial charge in [-0.05, 0) is 36.4 Å². The maximum absolute atomic E-state index is 12.9. The number of anilines is 1. The zero-order valence-corrected chi connectivity index (χ0v) is 15.9. The molecule has 11 heteroatoms. The van der Waals surface area contributed by atoms with Crippen molar-refractivity contribution in [3.63, 3.8) is 0 Å². The minimum Gasteiger partial charge on any atom is -0.273 e. The molecule has 2 aromatic carbocycles. The van der Waals surface area contributed by atoms with Gasteiger partial charge in [-0.15, -0.1) is 0 Å². The van der Waals surface area contributed by atoms with Crippen molar-refractivity contribution in [3.8, 4) is 0 Å². The van der Waals surface area contributed by atoms with Crippen LogP contribution < -0.4 is 10.9 Å². The Morgan fingerprint density at radius 2 is 1.85 bits per heavy atom. The van der Waals surface area contributed by atoms with Gasteiger partial charge in [0.2, 0.25) is 5.13 Å². The first-order chi connectivity index (χ1) is 12.3. The molecule has 3 aromatic rings. The number of carbonyl (C=O) groups excluding carboxylic acids is 1. The number of rotatable bonds is 5. The number of carbonyl (C=O) groups is 1. The van der Waals surface area contributed by atoms with Crippen LogP contribution in [0.2, 0.25) is 10.0 Å². The number of sulfone groups is 1. The van der Waals surface area contributed by atoms with Crippen molar-refractivity contribution in [1.29, 1.82) is 0 Å². The first-order valence-electron chi connectivity index (χ1n) is 7.04. The van der Waals surface area contributed by atoms with Crippen LogP contribution in [0, 0.1) is 5.82 Å². The van der Waals surface area contributed by atoms with Crippen LogP contribution in [0.5, 0.6) is 0 Å². The monoisotopic (exact) mass is 433 g/mol. The Kier molecular flexibility index (Phi) is 5.33. The molecule has 0 unspecified atom stereocenters. The molecule has 0 saturated carbocycles. The van der Waals surface area contributed by atoms with E-state index in [1.165, 1.54) is 11.3 Å². The topological polar surface area (TPSA) is 88.2 Å². The highest BCUT2D eigenvalue weighted by atomic mass is 35.5. The predicted molar refractivity (Wildman–Crippen MR) is 99.9 cm³/mol. The fraction of sp³-hybridized carbons (Fsp3) is 0.0667. The van der Waals surface area contributed by atoms with Crippen LogP contribution in [-0.2, 0) is 14.6 Å². The summed E-state index contributed by atoms with van der Waals surface area (Å²) < 4.78 is 37.9. The average Bonchev–Trinajstić information content (AvgIpc) is 3.00. The van der Waals surface area contributed by atoms with Crippen LogP contribution in [0.1, 0.15) is 0 Å². The molecule has 3 rings (SSSR count). The lowest BCUT2D eigenvalue weighted by Gasteiger charge is -2.06. The van der Waals surface area contributed by atoms with E-state index in [1.807, 2.05) is 0 Å². The molecule has 0 bridgehead atoms. The van der Waals surface area contributed by atoms with Crippen molar-refractivity contribution in [1.82, 2.24) is 10.4 Å². The third-order valence-electron chi connectivity index (χ3n) is 3.25. The van der Waals surface area contributed by atoms with Crippen molar-refractivity contribution in [3.05, 3.63) is 52.3 Å². The summed E-state index contributed by atoms with van der Waals surface area (Å²) in [5, 5.41) is 0.959. The fourth-order valence-electron chi connectivity index (χ4n) is 2.05. The highest BCUT2D eigenvalue weighted by molar-refractivity contribution is 7.92. The maximum atomic E-state index is 12.9. The number of hydrazine groups is 1. The van der Waals surface area contributed by atoms with Gasteiger partial charge >= 0.3 is 0 Å². The summed E-state index contributed by atoms with van der Waals surface area (Å²) in [5.74, 6) is -2.16. The number of amides is 1. The molecule has 0 atom stereocenters. The molecule has 0 radical (unpaired) electrons. The normalized spacial score (nSPS) is 11.5. The van der Waals surface area contributed by atoms with Crippen LogP contribution in [0.15, 0.2) is 41.3 Å².